The molecular weight excluding hydrogens is 478 g/mol. The molecule has 2 N–H and O–H groups in total. The van der Waals surface area contributed by atoms with E-state index in [0.717, 1.165) is 55.0 Å². The number of pyridine rings is 1. The Morgan fingerprint density at radius 1 is 1.11 bits per heavy atom. The molecular formula is C28H34B2N4O2S. The van der Waals surface area contributed by atoms with Crippen LogP contribution in [0.1, 0.15) is 55.3 Å². The van der Waals surface area contributed by atoms with E-state index in [0.29, 0.717) is 11.6 Å². The van der Waals surface area contributed by atoms with Gasteiger partial charge in [-0.1, -0.05) is 12.1 Å². The first-order valence-corrected chi connectivity index (χ1v) is 13.5. The monoisotopic (exact) mass is 512 g/mol. The highest BCUT2D eigenvalue weighted by Crippen LogP contribution is 2.43. The highest BCUT2D eigenvalue weighted by atomic mass is 32.1. The number of hydrogen-bond acceptors (Lipinski definition) is 6. The molecule has 2 atom stereocenters. The highest BCUT2D eigenvalue weighted by molar-refractivity contribution is 7.84. The normalized spacial score (nSPS) is 20.6. The zero-order valence-electron chi connectivity index (χ0n) is 21.6. The number of hydrogen-bond donors (Lipinski definition) is 3. The van der Waals surface area contributed by atoms with Crippen molar-refractivity contribution in [3.63, 3.8) is 0 Å². The lowest BCUT2D eigenvalue weighted by atomic mass is 9.67. The van der Waals surface area contributed by atoms with Gasteiger partial charge in [-0.2, -0.15) is 17.7 Å². The number of aliphatic hydroxyl groups excluding tert-OH is 1. The molecule has 2 aliphatic rings. The van der Waals surface area contributed by atoms with E-state index in [1.54, 1.807) is 19.2 Å². The van der Waals surface area contributed by atoms with Gasteiger partial charge in [0, 0.05) is 49.1 Å². The van der Waals surface area contributed by atoms with Gasteiger partial charge in [-0.3, -0.25) is 14.6 Å². The van der Waals surface area contributed by atoms with E-state index in [9.17, 15) is 10.2 Å². The van der Waals surface area contributed by atoms with Gasteiger partial charge in [0.15, 0.2) is 0 Å². The van der Waals surface area contributed by atoms with Crippen molar-refractivity contribution in [3.8, 4) is 22.5 Å². The summed E-state index contributed by atoms with van der Waals surface area (Å²) in [5, 5.41) is 25.0. The molecule has 0 spiro atoms. The topological polar surface area (TPSA) is 74.4 Å². The van der Waals surface area contributed by atoms with Gasteiger partial charge in [-0.15, -0.1) is 0 Å². The van der Waals surface area contributed by atoms with Crippen molar-refractivity contribution in [1.29, 1.82) is 0 Å². The molecule has 2 fully saturated rings. The maximum atomic E-state index is 10.6. The lowest BCUT2D eigenvalue weighted by Gasteiger charge is -2.39. The second-order valence-corrected chi connectivity index (χ2v) is 11.8. The van der Waals surface area contributed by atoms with Crippen LogP contribution in [0.15, 0.2) is 42.6 Å². The fourth-order valence-electron chi connectivity index (χ4n) is 5.41. The van der Waals surface area contributed by atoms with E-state index in [2.05, 4.69) is 46.8 Å². The number of benzene rings is 1. The number of nitrogens with zero attached hydrogens (tertiary/aromatic N) is 4. The van der Waals surface area contributed by atoms with Crippen molar-refractivity contribution in [2.45, 2.75) is 55.2 Å². The summed E-state index contributed by atoms with van der Waals surface area (Å²) < 4.78 is 0.597. The number of aryl methyl sites for hydroxylation is 1. The first kappa shape index (κ1) is 26.5. The summed E-state index contributed by atoms with van der Waals surface area (Å²) in [6.07, 6.45) is 6.18. The van der Waals surface area contributed by atoms with Crippen molar-refractivity contribution >= 4 is 28.3 Å². The van der Waals surface area contributed by atoms with Crippen molar-refractivity contribution in [3.05, 3.63) is 59.4 Å². The van der Waals surface area contributed by atoms with Crippen LogP contribution in [0.3, 0.4) is 0 Å². The van der Waals surface area contributed by atoms with Crippen LogP contribution in [0, 0.1) is 5.92 Å². The minimum absolute atomic E-state index is 0.0873. The second kappa shape index (κ2) is 10.2. The lowest BCUT2D eigenvalue weighted by molar-refractivity contribution is -0.0697. The number of rotatable bonds is 8. The zero-order valence-corrected chi connectivity index (χ0v) is 22.5. The standard InChI is InChI=1S/C28H34B2N4O2S/c1-27(36,17-35)22-4-3-11-34(16-22)15-21-8-7-19(12-23(21)18-5-6-18)24-13-25(33(2)32-24)20-9-10-26(31-14-20)28(29,30)37/h7-10,12-14,18,22,35-37H,3-6,11,15-17H2,1-2H3/t22?,27-/m1/s1. The smallest absolute Gasteiger partial charge is 0.0929 e. The van der Waals surface area contributed by atoms with Gasteiger partial charge in [0.25, 0.3) is 0 Å². The molecule has 37 heavy (non-hydrogen) atoms. The third-order valence-corrected chi connectivity index (χ3v) is 8.14. The summed E-state index contributed by atoms with van der Waals surface area (Å²) in [4.78, 5) is 6.81. The van der Waals surface area contributed by atoms with Gasteiger partial charge in [-0.05, 0) is 85.0 Å². The zero-order chi connectivity index (χ0) is 26.4. The summed E-state index contributed by atoms with van der Waals surface area (Å²) >= 11 is 4.19. The van der Waals surface area contributed by atoms with E-state index in [1.807, 2.05) is 17.8 Å². The van der Waals surface area contributed by atoms with E-state index in [4.69, 9.17) is 20.8 Å². The summed E-state index contributed by atoms with van der Waals surface area (Å²) in [6, 6.07) is 12.5. The largest absolute Gasteiger partial charge is 0.393 e. The van der Waals surface area contributed by atoms with Gasteiger partial charge in [0.1, 0.15) is 0 Å². The summed E-state index contributed by atoms with van der Waals surface area (Å²) in [5.41, 5.74) is 6.15. The molecule has 5 rings (SSSR count). The van der Waals surface area contributed by atoms with Crippen molar-refractivity contribution in [2.24, 2.45) is 13.0 Å². The first-order chi connectivity index (χ1) is 17.5. The molecule has 2 aromatic heterocycles. The molecule has 190 valence electrons. The van der Waals surface area contributed by atoms with E-state index >= 15 is 0 Å². The summed E-state index contributed by atoms with van der Waals surface area (Å²) in [6.45, 7) is 4.24. The molecule has 9 heteroatoms. The molecule has 6 nitrogen and oxygen atoms in total. The Morgan fingerprint density at radius 3 is 2.51 bits per heavy atom. The molecule has 4 radical (unpaired) electrons. The maximum Gasteiger partial charge on any atom is 0.0929 e. The molecule has 0 amide bonds. The van der Waals surface area contributed by atoms with E-state index < -0.39 is 10.1 Å². The van der Waals surface area contributed by atoms with Crippen LogP contribution in [-0.2, 0) is 18.1 Å². The van der Waals surface area contributed by atoms with Crippen molar-refractivity contribution in [1.82, 2.24) is 19.7 Å². The molecule has 1 unspecified atom stereocenters. The Balaban J connectivity index is 1.37. The number of thiol groups is 1. The Morgan fingerprint density at radius 2 is 1.86 bits per heavy atom. The fourth-order valence-corrected chi connectivity index (χ4v) is 5.54. The molecule has 3 heterocycles. The van der Waals surface area contributed by atoms with Gasteiger partial charge < -0.3 is 10.2 Å². The number of piperidine rings is 1. The number of aliphatic hydroxyl groups is 2. The SMILES string of the molecule is [B]C([B])(S)c1ccc(-c2cc(-c3ccc(CN4CCCC([C@](C)(O)CO)C4)c(C4CC4)c3)nn2C)cn1. The Hall–Kier alpha value is -2.06. The minimum Gasteiger partial charge on any atom is -0.393 e. The Labute approximate surface area is 227 Å². The molecule has 1 aliphatic carbocycles. The second-order valence-electron chi connectivity index (χ2n) is 11.1. The van der Waals surface area contributed by atoms with Gasteiger partial charge in [-0.25, -0.2) is 0 Å². The average molecular weight is 512 g/mol. The number of likely N-dealkylation sites (tertiary alicyclic amines) is 1. The minimum atomic E-state index is -1.27. The van der Waals surface area contributed by atoms with Crippen LogP contribution in [0.4, 0.5) is 0 Å². The molecule has 0 bridgehead atoms. The average Bonchev–Trinajstić information content (AvgIpc) is 3.65. The van der Waals surface area contributed by atoms with E-state index in [-0.39, 0.29) is 12.5 Å². The van der Waals surface area contributed by atoms with Gasteiger partial charge in [0.2, 0.25) is 0 Å². The first-order valence-electron chi connectivity index (χ1n) is 13.0. The predicted molar refractivity (Wildman–Crippen MR) is 152 cm³/mol. The van der Waals surface area contributed by atoms with Crippen molar-refractivity contribution in [2.75, 3.05) is 19.7 Å². The molecule has 3 aromatic rings. The third kappa shape index (κ3) is 5.85. The molecule has 1 saturated carbocycles. The molecule has 1 aliphatic heterocycles. The van der Waals surface area contributed by atoms with Crippen LogP contribution in [-0.4, -0.2) is 70.9 Å². The lowest BCUT2D eigenvalue weighted by Crippen LogP contribution is -2.47. The Kier molecular flexibility index (Phi) is 7.35. The van der Waals surface area contributed by atoms with Crippen LogP contribution >= 0.6 is 12.6 Å². The van der Waals surface area contributed by atoms with Crippen molar-refractivity contribution < 1.29 is 10.2 Å². The van der Waals surface area contributed by atoms with Crippen LogP contribution in [0.2, 0.25) is 0 Å². The predicted octanol–water partition coefficient (Wildman–Crippen LogP) is 3.36. The number of aromatic nitrogens is 3. The van der Waals surface area contributed by atoms with Crippen LogP contribution in [0.25, 0.3) is 22.5 Å². The molecule has 1 saturated heterocycles. The summed E-state index contributed by atoms with van der Waals surface area (Å²) in [5.74, 6) is 0.689. The fraction of sp³-hybridized carbons (Fsp3) is 0.500. The quantitative estimate of drug-likeness (QED) is 0.319. The Bertz CT molecular complexity index is 1250. The van der Waals surface area contributed by atoms with Gasteiger partial charge in [0.05, 0.1) is 39.3 Å². The van der Waals surface area contributed by atoms with Crippen LogP contribution in [0.5, 0.6) is 0 Å². The third-order valence-electron chi connectivity index (χ3n) is 7.91. The van der Waals surface area contributed by atoms with Gasteiger partial charge >= 0.3 is 0 Å². The molecule has 1 aromatic carbocycles. The van der Waals surface area contributed by atoms with E-state index in [1.165, 1.54) is 24.0 Å². The summed E-state index contributed by atoms with van der Waals surface area (Å²) in [7, 11) is 13.6. The highest BCUT2D eigenvalue weighted by Gasteiger charge is 2.35. The maximum absolute atomic E-state index is 10.6. The van der Waals surface area contributed by atoms with Crippen LogP contribution < -0.4 is 0 Å².